The quantitative estimate of drug-likeness (QED) is 0.475. The van der Waals surface area contributed by atoms with Gasteiger partial charge in [0.05, 0.1) is 5.52 Å². The fourth-order valence-corrected chi connectivity index (χ4v) is 2.77. The van der Waals surface area contributed by atoms with Crippen LogP contribution in [0.1, 0.15) is 0 Å². The van der Waals surface area contributed by atoms with Crippen LogP contribution in [0.5, 0.6) is 0 Å². The van der Waals surface area contributed by atoms with Crippen LogP contribution >= 0.6 is 11.6 Å². The second kappa shape index (κ2) is 5.98. The van der Waals surface area contributed by atoms with E-state index in [-0.39, 0.29) is 5.82 Å². The Bertz CT molecular complexity index is 1020. The molecule has 0 aliphatic carbocycles. The highest BCUT2D eigenvalue weighted by atomic mass is 35.5. The van der Waals surface area contributed by atoms with E-state index in [1.807, 2.05) is 30.3 Å². The molecule has 0 N–H and O–H groups in total. The Kier molecular flexibility index (Phi) is 3.67. The average Bonchev–Trinajstić information content (AvgIpc) is 2.63. The largest absolute Gasteiger partial charge is 0.264 e. The standard InChI is InChI=1S/C19H11ClFN3/c20-18-16-10-13(12-3-6-15(21)7-4-12)5-8-17(16)23-19(24-18)14-2-1-9-22-11-14/h1-11H. The first-order valence-corrected chi connectivity index (χ1v) is 7.72. The van der Waals surface area contributed by atoms with Gasteiger partial charge in [-0.25, -0.2) is 14.4 Å². The molecular formula is C19H11ClFN3. The molecule has 0 spiro atoms. The van der Waals surface area contributed by atoms with Crippen LogP contribution in [-0.2, 0) is 0 Å². The fourth-order valence-electron chi connectivity index (χ4n) is 2.54. The Morgan fingerprint density at radius 1 is 0.833 bits per heavy atom. The Morgan fingerprint density at radius 2 is 1.62 bits per heavy atom. The van der Waals surface area contributed by atoms with Crippen molar-refractivity contribution in [3.63, 3.8) is 0 Å². The molecule has 0 saturated carbocycles. The lowest BCUT2D eigenvalue weighted by Crippen LogP contribution is -1.93. The van der Waals surface area contributed by atoms with E-state index < -0.39 is 0 Å². The lowest BCUT2D eigenvalue weighted by Gasteiger charge is -2.07. The monoisotopic (exact) mass is 335 g/mol. The molecule has 2 aromatic heterocycles. The molecule has 116 valence electrons. The van der Waals surface area contributed by atoms with Crippen molar-refractivity contribution in [2.45, 2.75) is 0 Å². The molecule has 5 heteroatoms. The zero-order valence-electron chi connectivity index (χ0n) is 12.4. The molecular weight excluding hydrogens is 325 g/mol. The van der Waals surface area contributed by atoms with Crippen LogP contribution in [-0.4, -0.2) is 15.0 Å². The lowest BCUT2D eigenvalue weighted by atomic mass is 10.0. The van der Waals surface area contributed by atoms with E-state index in [0.717, 1.165) is 27.6 Å². The minimum Gasteiger partial charge on any atom is -0.264 e. The van der Waals surface area contributed by atoms with Gasteiger partial charge in [-0.3, -0.25) is 4.98 Å². The first-order chi connectivity index (χ1) is 11.7. The van der Waals surface area contributed by atoms with Crippen LogP contribution in [0.4, 0.5) is 4.39 Å². The summed E-state index contributed by atoms with van der Waals surface area (Å²) < 4.78 is 13.1. The molecule has 4 rings (SSSR count). The Labute approximate surface area is 142 Å². The fraction of sp³-hybridized carbons (Fsp3) is 0. The van der Waals surface area contributed by atoms with Gasteiger partial charge in [-0.05, 0) is 47.5 Å². The lowest BCUT2D eigenvalue weighted by molar-refractivity contribution is 0.628. The Hall–Kier alpha value is -2.85. The molecule has 0 aliphatic heterocycles. The predicted octanol–water partition coefficient (Wildman–Crippen LogP) is 5.15. The Balaban J connectivity index is 1.84. The summed E-state index contributed by atoms with van der Waals surface area (Å²) >= 11 is 6.37. The normalized spacial score (nSPS) is 10.9. The second-order valence-corrected chi connectivity index (χ2v) is 5.68. The Morgan fingerprint density at radius 3 is 2.38 bits per heavy atom. The highest BCUT2D eigenvalue weighted by molar-refractivity contribution is 6.34. The number of pyridine rings is 1. The zero-order chi connectivity index (χ0) is 16.5. The molecule has 2 aromatic carbocycles. The summed E-state index contributed by atoms with van der Waals surface area (Å²) in [6.45, 7) is 0. The molecule has 0 unspecified atom stereocenters. The maximum Gasteiger partial charge on any atom is 0.163 e. The third kappa shape index (κ3) is 2.72. The number of aromatic nitrogens is 3. The highest BCUT2D eigenvalue weighted by Crippen LogP contribution is 2.29. The molecule has 0 fully saturated rings. The van der Waals surface area contributed by atoms with Crippen molar-refractivity contribution in [2.24, 2.45) is 0 Å². The van der Waals surface area contributed by atoms with Gasteiger partial charge in [0.1, 0.15) is 11.0 Å². The van der Waals surface area contributed by atoms with Gasteiger partial charge in [0, 0.05) is 23.3 Å². The van der Waals surface area contributed by atoms with Crippen molar-refractivity contribution in [1.29, 1.82) is 0 Å². The van der Waals surface area contributed by atoms with Gasteiger partial charge in [-0.1, -0.05) is 29.8 Å². The molecule has 0 aliphatic rings. The van der Waals surface area contributed by atoms with Crippen molar-refractivity contribution in [3.05, 3.63) is 78.0 Å². The summed E-state index contributed by atoms with van der Waals surface area (Å²) in [6.07, 6.45) is 3.39. The summed E-state index contributed by atoms with van der Waals surface area (Å²) in [4.78, 5) is 13.0. The van der Waals surface area contributed by atoms with Crippen LogP contribution in [0.15, 0.2) is 67.0 Å². The molecule has 0 amide bonds. The third-order valence-corrected chi connectivity index (χ3v) is 4.03. The number of hydrogen-bond acceptors (Lipinski definition) is 3. The van der Waals surface area contributed by atoms with Gasteiger partial charge in [-0.2, -0.15) is 0 Å². The van der Waals surface area contributed by atoms with Crippen LogP contribution in [0.2, 0.25) is 5.15 Å². The van der Waals surface area contributed by atoms with Gasteiger partial charge >= 0.3 is 0 Å². The van der Waals surface area contributed by atoms with Crippen LogP contribution in [0, 0.1) is 5.82 Å². The first-order valence-electron chi connectivity index (χ1n) is 7.34. The van der Waals surface area contributed by atoms with E-state index in [2.05, 4.69) is 15.0 Å². The summed E-state index contributed by atoms with van der Waals surface area (Å²) in [7, 11) is 0. The average molecular weight is 336 g/mol. The minimum atomic E-state index is -0.262. The van der Waals surface area contributed by atoms with Crippen molar-refractivity contribution >= 4 is 22.5 Å². The van der Waals surface area contributed by atoms with Gasteiger partial charge in [0.15, 0.2) is 5.82 Å². The van der Waals surface area contributed by atoms with Crippen LogP contribution < -0.4 is 0 Å². The third-order valence-electron chi connectivity index (χ3n) is 3.75. The van der Waals surface area contributed by atoms with E-state index >= 15 is 0 Å². The zero-order valence-corrected chi connectivity index (χ0v) is 13.2. The van der Waals surface area contributed by atoms with E-state index in [4.69, 9.17) is 11.6 Å². The van der Waals surface area contributed by atoms with Gasteiger partial charge in [0.25, 0.3) is 0 Å². The van der Waals surface area contributed by atoms with Crippen molar-refractivity contribution in [1.82, 2.24) is 15.0 Å². The van der Waals surface area contributed by atoms with Crippen molar-refractivity contribution in [2.75, 3.05) is 0 Å². The summed E-state index contributed by atoms with van der Waals surface area (Å²) in [5, 5.41) is 1.13. The van der Waals surface area contributed by atoms with Gasteiger partial charge < -0.3 is 0 Å². The number of rotatable bonds is 2. The maximum atomic E-state index is 13.1. The molecule has 3 nitrogen and oxygen atoms in total. The highest BCUT2D eigenvalue weighted by Gasteiger charge is 2.09. The molecule has 24 heavy (non-hydrogen) atoms. The summed E-state index contributed by atoms with van der Waals surface area (Å²) in [6, 6.07) is 15.8. The minimum absolute atomic E-state index is 0.262. The smallest absolute Gasteiger partial charge is 0.163 e. The number of halogens is 2. The molecule has 0 radical (unpaired) electrons. The first kappa shape index (κ1) is 14.7. The van der Waals surface area contributed by atoms with Gasteiger partial charge in [-0.15, -0.1) is 0 Å². The van der Waals surface area contributed by atoms with Crippen LogP contribution in [0.3, 0.4) is 0 Å². The SMILES string of the molecule is Fc1ccc(-c2ccc3nc(-c4cccnc4)nc(Cl)c3c2)cc1. The second-order valence-electron chi connectivity index (χ2n) is 5.32. The molecule has 2 heterocycles. The maximum absolute atomic E-state index is 13.1. The van der Waals surface area contributed by atoms with E-state index in [0.29, 0.717) is 11.0 Å². The summed E-state index contributed by atoms with van der Waals surface area (Å²) in [5.74, 6) is 0.275. The van der Waals surface area contributed by atoms with Gasteiger partial charge in [0.2, 0.25) is 0 Å². The number of benzene rings is 2. The molecule has 0 bridgehead atoms. The van der Waals surface area contributed by atoms with E-state index in [1.54, 1.807) is 24.5 Å². The number of nitrogens with zero attached hydrogens (tertiary/aromatic N) is 3. The van der Waals surface area contributed by atoms with E-state index in [9.17, 15) is 4.39 Å². The summed E-state index contributed by atoms with van der Waals surface area (Å²) in [5.41, 5.74) is 3.40. The van der Waals surface area contributed by atoms with Crippen molar-refractivity contribution in [3.8, 4) is 22.5 Å². The molecule has 0 atom stereocenters. The number of hydrogen-bond donors (Lipinski definition) is 0. The predicted molar refractivity (Wildman–Crippen MR) is 93.2 cm³/mol. The van der Waals surface area contributed by atoms with E-state index in [1.165, 1.54) is 12.1 Å². The topological polar surface area (TPSA) is 38.7 Å². The molecule has 4 aromatic rings. The molecule has 0 saturated heterocycles. The number of fused-ring (bicyclic) bond motifs is 1. The van der Waals surface area contributed by atoms with Crippen molar-refractivity contribution < 1.29 is 4.39 Å². The van der Waals surface area contributed by atoms with Crippen LogP contribution in [0.25, 0.3) is 33.4 Å².